The van der Waals surface area contributed by atoms with Gasteiger partial charge in [0.2, 0.25) is 0 Å². The Balaban J connectivity index is 2.18. The average Bonchev–Trinajstić information content (AvgIpc) is 2.70. The molecule has 0 fully saturated rings. The van der Waals surface area contributed by atoms with Crippen molar-refractivity contribution in [1.29, 1.82) is 0 Å². The average molecular weight is 364 g/mol. The van der Waals surface area contributed by atoms with E-state index >= 15 is 0 Å². The second-order valence-corrected chi connectivity index (χ2v) is 5.23. The molecule has 1 atom stereocenters. The first-order chi connectivity index (χ1) is 8.06. The van der Waals surface area contributed by atoms with E-state index in [1.165, 1.54) is 12.1 Å². The molecule has 17 heavy (non-hydrogen) atoms. The van der Waals surface area contributed by atoms with Crippen LogP contribution in [-0.4, -0.2) is 5.11 Å². The molecule has 1 N–H and O–H groups in total. The first-order valence-electron chi connectivity index (χ1n) is 4.93. The molecule has 1 aromatic heterocycles. The van der Waals surface area contributed by atoms with E-state index in [9.17, 15) is 9.50 Å². The highest BCUT2D eigenvalue weighted by Gasteiger charge is 2.14. The van der Waals surface area contributed by atoms with Crippen molar-refractivity contribution in [2.24, 2.45) is 0 Å². The fraction of sp³-hybridized carbons (Fsp3) is 0.167. The first kappa shape index (κ1) is 12.8. The van der Waals surface area contributed by atoms with E-state index in [2.05, 4.69) is 31.9 Å². The molecule has 1 heterocycles. The molecule has 0 bridgehead atoms. The zero-order valence-corrected chi connectivity index (χ0v) is 11.8. The number of aliphatic hydroxyl groups excluding tert-OH is 1. The summed E-state index contributed by atoms with van der Waals surface area (Å²) in [6.07, 6.45) is -0.502. The van der Waals surface area contributed by atoms with Crippen molar-refractivity contribution < 1.29 is 13.9 Å². The maximum absolute atomic E-state index is 13.1. The summed E-state index contributed by atoms with van der Waals surface area (Å²) in [5.74, 6) is 0.129. The van der Waals surface area contributed by atoms with Gasteiger partial charge in [-0.3, -0.25) is 0 Å². The van der Waals surface area contributed by atoms with Gasteiger partial charge in [0, 0.05) is 10.9 Å². The first-order valence-corrected chi connectivity index (χ1v) is 6.52. The number of rotatable bonds is 3. The summed E-state index contributed by atoms with van der Waals surface area (Å²) < 4.78 is 19.6. The molecule has 1 aromatic carbocycles. The molecule has 0 saturated carbocycles. The summed E-state index contributed by atoms with van der Waals surface area (Å²) in [6, 6.07) is 7.77. The van der Waals surface area contributed by atoms with Gasteiger partial charge in [-0.2, -0.15) is 0 Å². The molecule has 2 rings (SSSR count). The van der Waals surface area contributed by atoms with Gasteiger partial charge in [-0.25, -0.2) is 4.39 Å². The Hall–Kier alpha value is -0.650. The number of hydrogen-bond donors (Lipinski definition) is 1. The van der Waals surface area contributed by atoms with Crippen molar-refractivity contribution in [2.45, 2.75) is 12.5 Å². The Labute approximate surface area is 115 Å². The summed E-state index contributed by atoms with van der Waals surface area (Å²) in [5.41, 5.74) is 0.699. The molecule has 0 amide bonds. The summed E-state index contributed by atoms with van der Waals surface area (Å²) in [7, 11) is 0. The number of aliphatic hydroxyl groups is 1. The van der Waals surface area contributed by atoms with Crippen LogP contribution in [0.25, 0.3) is 0 Å². The molecule has 90 valence electrons. The van der Waals surface area contributed by atoms with Gasteiger partial charge in [0.25, 0.3) is 0 Å². The molecule has 0 radical (unpaired) electrons. The minimum atomic E-state index is -0.792. The molecule has 0 saturated heterocycles. The molecule has 0 aliphatic carbocycles. The summed E-state index contributed by atoms with van der Waals surface area (Å²) in [6.45, 7) is 0. The molecule has 0 aliphatic rings. The van der Waals surface area contributed by atoms with Gasteiger partial charge in [0.05, 0.1) is 0 Å². The van der Waals surface area contributed by atoms with Gasteiger partial charge >= 0.3 is 0 Å². The van der Waals surface area contributed by atoms with Crippen molar-refractivity contribution in [2.75, 3.05) is 0 Å². The molecule has 5 heteroatoms. The lowest BCUT2D eigenvalue weighted by Crippen LogP contribution is -2.01. The normalized spacial score (nSPS) is 12.7. The monoisotopic (exact) mass is 362 g/mol. The highest BCUT2D eigenvalue weighted by atomic mass is 79.9. The third kappa shape index (κ3) is 3.18. The van der Waals surface area contributed by atoms with Crippen molar-refractivity contribution in [3.8, 4) is 0 Å². The zero-order chi connectivity index (χ0) is 12.4. The largest absolute Gasteiger partial charge is 0.452 e. The molecule has 0 aliphatic heterocycles. The predicted octanol–water partition coefficient (Wildman–Crippen LogP) is 4.22. The SMILES string of the molecule is OC(Cc1cc(F)ccc1Br)c1ccc(Br)o1. The number of halogens is 3. The Morgan fingerprint density at radius 1 is 1.24 bits per heavy atom. The fourth-order valence-corrected chi connectivity index (χ4v) is 2.24. The van der Waals surface area contributed by atoms with E-state index < -0.39 is 6.10 Å². The van der Waals surface area contributed by atoms with Crippen LogP contribution in [0, 0.1) is 5.82 Å². The van der Waals surface area contributed by atoms with Crippen molar-refractivity contribution in [1.82, 2.24) is 0 Å². The summed E-state index contributed by atoms with van der Waals surface area (Å²) in [4.78, 5) is 0. The van der Waals surface area contributed by atoms with E-state index in [-0.39, 0.29) is 12.2 Å². The molecular weight excluding hydrogens is 355 g/mol. The van der Waals surface area contributed by atoms with Gasteiger partial charge in [-0.05, 0) is 51.8 Å². The van der Waals surface area contributed by atoms with Gasteiger partial charge in [0.1, 0.15) is 17.7 Å². The van der Waals surface area contributed by atoms with E-state index in [0.29, 0.717) is 16.0 Å². The quantitative estimate of drug-likeness (QED) is 0.885. The second-order valence-electron chi connectivity index (χ2n) is 3.60. The number of furan rings is 1. The fourth-order valence-electron chi connectivity index (χ4n) is 1.52. The maximum Gasteiger partial charge on any atom is 0.169 e. The summed E-state index contributed by atoms with van der Waals surface area (Å²) in [5, 5.41) is 9.94. The lowest BCUT2D eigenvalue weighted by molar-refractivity contribution is 0.148. The van der Waals surface area contributed by atoms with Crippen LogP contribution in [0.4, 0.5) is 4.39 Å². The Kier molecular flexibility index (Phi) is 4.01. The predicted molar refractivity (Wildman–Crippen MR) is 69.2 cm³/mol. The lowest BCUT2D eigenvalue weighted by Gasteiger charge is -2.09. The molecule has 2 aromatic rings. The smallest absolute Gasteiger partial charge is 0.169 e. The van der Waals surface area contributed by atoms with Crippen molar-refractivity contribution >= 4 is 31.9 Å². The van der Waals surface area contributed by atoms with Crippen LogP contribution < -0.4 is 0 Å². The Morgan fingerprint density at radius 3 is 2.65 bits per heavy atom. The highest BCUT2D eigenvalue weighted by Crippen LogP contribution is 2.26. The van der Waals surface area contributed by atoms with E-state index in [0.717, 1.165) is 4.47 Å². The molecule has 0 spiro atoms. The molecule has 1 unspecified atom stereocenters. The topological polar surface area (TPSA) is 33.4 Å². The van der Waals surface area contributed by atoms with Crippen LogP contribution in [0.3, 0.4) is 0 Å². The Bertz CT molecular complexity index is 525. The second kappa shape index (κ2) is 5.33. The minimum absolute atomic E-state index is 0.290. The van der Waals surface area contributed by atoms with E-state index in [1.54, 1.807) is 18.2 Å². The zero-order valence-electron chi connectivity index (χ0n) is 8.66. The maximum atomic E-state index is 13.1. The van der Waals surface area contributed by atoms with Crippen LogP contribution in [0.2, 0.25) is 0 Å². The number of hydrogen-bond acceptors (Lipinski definition) is 2. The Morgan fingerprint density at radius 2 is 2.00 bits per heavy atom. The van der Waals surface area contributed by atoms with Gasteiger partial charge in [0.15, 0.2) is 4.67 Å². The van der Waals surface area contributed by atoms with Crippen molar-refractivity contribution in [3.63, 3.8) is 0 Å². The van der Waals surface area contributed by atoms with Crippen LogP contribution in [0.5, 0.6) is 0 Å². The minimum Gasteiger partial charge on any atom is -0.452 e. The molecule has 2 nitrogen and oxygen atoms in total. The van der Waals surface area contributed by atoms with Gasteiger partial charge in [-0.15, -0.1) is 0 Å². The third-order valence-corrected chi connectivity index (χ3v) is 3.54. The summed E-state index contributed by atoms with van der Waals surface area (Å²) >= 11 is 6.48. The van der Waals surface area contributed by atoms with Crippen LogP contribution >= 0.6 is 31.9 Å². The van der Waals surface area contributed by atoms with Crippen LogP contribution in [0.1, 0.15) is 17.4 Å². The van der Waals surface area contributed by atoms with Gasteiger partial charge in [-0.1, -0.05) is 15.9 Å². The van der Waals surface area contributed by atoms with E-state index in [1.807, 2.05) is 0 Å². The lowest BCUT2D eigenvalue weighted by atomic mass is 10.1. The standard InChI is InChI=1S/C12H9Br2FO2/c13-9-2-1-8(15)5-7(9)6-10(16)11-3-4-12(14)17-11/h1-5,10,16H,6H2. The third-order valence-electron chi connectivity index (χ3n) is 2.34. The highest BCUT2D eigenvalue weighted by molar-refractivity contribution is 9.10. The number of benzene rings is 1. The van der Waals surface area contributed by atoms with Crippen molar-refractivity contribution in [3.05, 3.63) is 56.6 Å². The van der Waals surface area contributed by atoms with Gasteiger partial charge < -0.3 is 9.52 Å². The molecular formula is C12H9Br2FO2. The van der Waals surface area contributed by atoms with Crippen LogP contribution in [0.15, 0.2) is 43.9 Å². The van der Waals surface area contributed by atoms with E-state index in [4.69, 9.17) is 4.42 Å². The van der Waals surface area contributed by atoms with Crippen LogP contribution in [-0.2, 0) is 6.42 Å².